The minimum Gasteiger partial charge on any atom is -0.346 e. The maximum absolute atomic E-state index is 11.2. The van der Waals surface area contributed by atoms with Crippen LogP contribution in [0.2, 0.25) is 0 Å². The van der Waals surface area contributed by atoms with Gasteiger partial charge in [-0.05, 0) is 25.5 Å². The van der Waals surface area contributed by atoms with Gasteiger partial charge in [-0.25, -0.2) is 0 Å². The summed E-state index contributed by atoms with van der Waals surface area (Å²) < 4.78 is 0. The number of carbonyl (C=O) groups is 1. The molecule has 0 aromatic heterocycles. The fourth-order valence-corrected chi connectivity index (χ4v) is 1.24. The second-order valence-corrected chi connectivity index (χ2v) is 3.14. The summed E-state index contributed by atoms with van der Waals surface area (Å²) in [7, 11) is 0. The summed E-state index contributed by atoms with van der Waals surface area (Å²) in [5, 5.41) is 2.87. The van der Waals surface area contributed by atoms with Crippen LogP contribution in [0.3, 0.4) is 0 Å². The van der Waals surface area contributed by atoms with E-state index in [4.69, 9.17) is 0 Å². The predicted molar refractivity (Wildman–Crippen MR) is 57.8 cm³/mol. The molecule has 0 aliphatic carbocycles. The molecule has 0 saturated carbocycles. The van der Waals surface area contributed by atoms with E-state index in [1.807, 2.05) is 44.2 Å². The largest absolute Gasteiger partial charge is 0.346 e. The Bertz CT molecular complexity index is 316. The van der Waals surface area contributed by atoms with Gasteiger partial charge in [0.15, 0.2) is 0 Å². The molecule has 1 N–H and O–H groups in total. The number of benzene rings is 1. The van der Waals surface area contributed by atoms with E-state index < -0.39 is 0 Å². The Morgan fingerprint density at radius 2 is 2.00 bits per heavy atom. The lowest BCUT2D eigenvalue weighted by Crippen LogP contribution is -2.24. The van der Waals surface area contributed by atoms with E-state index in [-0.39, 0.29) is 11.9 Å². The van der Waals surface area contributed by atoms with Crippen molar-refractivity contribution in [3.8, 4) is 0 Å². The van der Waals surface area contributed by atoms with Gasteiger partial charge >= 0.3 is 0 Å². The Hall–Kier alpha value is -1.57. The first-order valence-corrected chi connectivity index (χ1v) is 4.72. The lowest BCUT2D eigenvalue weighted by molar-refractivity contribution is -0.117. The lowest BCUT2D eigenvalue weighted by Gasteiger charge is -2.12. The average molecular weight is 189 g/mol. The van der Waals surface area contributed by atoms with E-state index >= 15 is 0 Å². The summed E-state index contributed by atoms with van der Waals surface area (Å²) in [6.07, 6.45) is 3.26. The van der Waals surface area contributed by atoms with E-state index in [0.29, 0.717) is 0 Å². The monoisotopic (exact) mass is 189 g/mol. The minimum atomic E-state index is -0.0520. The Morgan fingerprint density at radius 3 is 2.57 bits per heavy atom. The van der Waals surface area contributed by atoms with Crippen LogP contribution in [0.4, 0.5) is 0 Å². The summed E-state index contributed by atoms with van der Waals surface area (Å²) in [5.41, 5.74) is 1.12. The second kappa shape index (κ2) is 5.22. The van der Waals surface area contributed by atoms with Gasteiger partial charge in [-0.2, -0.15) is 0 Å². The summed E-state index contributed by atoms with van der Waals surface area (Å²) >= 11 is 0. The van der Waals surface area contributed by atoms with Crippen molar-refractivity contribution in [3.63, 3.8) is 0 Å². The zero-order chi connectivity index (χ0) is 10.4. The summed E-state index contributed by atoms with van der Waals surface area (Å²) in [5.74, 6) is -0.0520. The molecule has 14 heavy (non-hydrogen) atoms. The topological polar surface area (TPSA) is 29.1 Å². The van der Waals surface area contributed by atoms with E-state index in [0.717, 1.165) is 5.56 Å². The van der Waals surface area contributed by atoms with Crippen LogP contribution in [0.1, 0.15) is 25.5 Å². The van der Waals surface area contributed by atoms with Crippen molar-refractivity contribution >= 4 is 5.91 Å². The molecular formula is C12H15NO. The highest BCUT2D eigenvalue weighted by Crippen LogP contribution is 2.10. The average Bonchev–Trinajstić information content (AvgIpc) is 2.19. The number of hydrogen-bond acceptors (Lipinski definition) is 1. The summed E-state index contributed by atoms with van der Waals surface area (Å²) in [6.45, 7) is 3.80. The summed E-state index contributed by atoms with van der Waals surface area (Å²) in [4.78, 5) is 11.2. The molecule has 0 heterocycles. The van der Waals surface area contributed by atoms with Gasteiger partial charge in [-0.15, -0.1) is 0 Å². The Labute approximate surface area is 84.6 Å². The van der Waals surface area contributed by atoms with Crippen LogP contribution in [0.25, 0.3) is 0 Å². The first-order valence-electron chi connectivity index (χ1n) is 4.72. The Morgan fingerprint density at radius 1 is 1.36 bits per heavy atom. The van der Waals surface area contributed by atoms with Crippen LogP contribution in [0.5, 0.6) is 0 Å². The first-order chi connectivity index (χ1) is 6.74. The van der Waals surface area contributed by atoms with Crippen molar-refractivity contribution in [3.05, 3.63) is 48.0 Å². The van der Waals surface area contributed by atoms with Crippen molar-refractivity contribution in [1.82, 2.24) is 5.32 Å². The van der Waals surface area contributed by atoms with Crippen molar-refractivity contribution in [2.45, 2.75) is 19.9 Å². The third-order valence-corrected chi connectivity index (χ3v) is 1.98. The third kappa shape index (κ3) is 3.05. The SMILES string of the molecule is C/C=C/C(=O)N[C@H](C)c1ccccc1. The molecule has 0 fully saturated rings. The van der Waals surface area contributed by atoms with Gasteiger partial charge in [0.2, 0.25) is 5.91 Å². The number of rotatable bonds is 3. The molecule has 0 saturated heterocycles. The molecule has 1 aromatic carbocycles. The highest BCUT2D eigenvalue weighted by molar-refractivity contribution is 5.87. The van der Waals surface area contributed by atoms with Crippen LogP contribution in [-0.2, 0) is 4.79 Å². The molecule has 1 rings (SSSR count). The zero-order valence-corrected chi connectivity index (χ0v) is 8.53. The molecule has 1 aromatic rings. The van der Waals surface area contributed by atoms with E-state index in [1.54, 1.807) is 6.08 Å². The molecule has 1 atom stereocenters. The highest BCUT2D eigenvalue weighted by Gasteiger charge is 2.05. The zero-order valence-electron chi connectivity index (χ0n) is 8.53. The smallest absolute Gasteiger partial charge is 0.244 e. The lowest BCUT2D eigenvalue weighted by atomic mass is 10.1. The van der Waals surface area contributed by atoms with E-state index in [9.17, 15) is 4.79 Å². The molecular weight excluding hydrogens is 174 g/mol. The highest BCUT2D eigenvalue weighted by atomic mass is 16.1. The fourth-order valence-electron chi connectivity index (χ4n) is 1.24. The van der Waals surface area contributed by atoms with Gasteiger partial charge in [0.25, 0.3) is 0 Å². The van der Waals surface area contributed by atoms with Crippen LogP contribution in [0, 0.1) is 0 Å². The number of amides is 1. The van der Waals surface area contributed by atoms with Gasteiger partial charge in [0.05, 0.1) is 6.04 Å². The van der Waals surface area contributed by atoms with Gasteiger partial charge in [0.1, 0.15) is 0 Å². The van der Waals surface area contributed by atoms with Crippen molar-refractivity contribution < 1.29 is 4.79 Å². The van der Waals surface area contributed by atoms with E-state index in [2.05, 4.69) is 5.32 Å². The quantitative estimate of drug-likeness (QED) is 0.727. The van der Waals surface area contributed by atoms with Crippen LogP contribution in [-0.4, -0.2) is 5.91 Å². The van der Waals surface area contributed by atoms with Crippen molar-refractivity contribution in [2.75, 3.05) is 0 Å². The standard InChI is InChI=1S/C12H15NO/c1-3-7-12(14)13-10(2)11-8-5-4-6-9-11/h3-10H,1-2H3,(H,13,14)/b7-3+/t10-/m1/s1. The summed E-state index contributed by atoms with van der Waals surface area (Å²) in [6, 6.07) is 9.95. The van der Waals surface area contributed by atoms with Crippen LogP contribution >= 0.6 is 0 Å². The van der Waals surface area contributed by atoms with Crippen LogP contribution in [0.15, 0.2) is 42.5 Å². The molecule has 0 radical (unpaired) electrons. The van der Waals surface area contributed by atoms with Crippen LogP contribution < -0.4 is 5.32 Å². The fraction of sp³-hybridized carbons (Fsp3) is 0.250. The Kier molecular flexibility index (Phi) is 3.92. The van der Waals surface area contributed by atoms with Gasteiger partial charge in [-0.3, -0.25) is 4.79 Å². The molecule has 0 aliphatic rings. The number of carbonyl (C=O) groups excluding carboxylic acids is 1. The molecule has 1 amide bonds. The number of nitrogens with one attached hydrogen (secondary N) is 1. The molecule has 2 heteroatoms. The molecule has 0 bridgehead atoms. The minimum absolute atomic E-state index is 0.0520. The third-order valence-electron chi connectivity index (χ3n) is 1.98. The number of hydrogen-bond donors (Lipinski definition) is 1. The molecule has 2 nitrogen and oxygen atoms in total. The molecule has 0 spiro atoms. The van der Waals surface area contributed by atoms with Crippen molar-refractivity contribution in [1.29, 1.82) is 0 Å². The maximum atomic E-state index is 11.2. The molecule has 0 unspecified atom stereocenters. The predicted octanol–water partition coefficient (Wildman–Crippen LogP) is 2.44. The van der Waals surface area contributed by atoms with Gasteiger partial charge in [-0.1, -0.05) is 36.4 Å². The van der Waals surface area contributed by atoms with Gasteiger partial charge < -0.3 is 5.32 Å². The maximum Gasteiger partial charge on any atom is 0.244 e. The normalized spacial score (nSPS) is 12.7. The van der Waals surface area contributed by atoms with E-state index in [1.165, 1.54) is 6.08 Å². The van der Waals surface area contributed by atoms with Crippen molar-refractivity contribution in [2.24, 2.45) is 0 Å². The Balaban J connectivity index is 2.59. The molecule has 74 valence electrons. The molecule has 0 aliphatic heterocycles. The van der Waals surface area contributed by atoms with Gasteiger partial charge in [0, 0.05) is 0 Å². The first kappa shape index (κ1) is 10.5. The second-order valence-electron chi connectivity index (χ2n) is 3.14. The number of allylic oxidation sites excluding steroid dienone is 1.